The van der Waals surface area contributed by atoms with Crippen molar-refractivity contribution in [3.05, 3.63) is 72.5 Å². The first-order valence-electron chi connectivity index (χ1n) is 7.36. The van der Waals surface area contributed by atoms with E-state index in [4.69, 9.17) is 0 Å². The van der Waals surface area contributed by atoms with Gasteiger partial charge < -0.3 is 10.3 Å². The van der Waals surface area contributed by atoms with Crippen molar-refractivity contribution in [3.8, 4) is 6.07 Å². The van der Waals surface area contributed by atoms with Gasteiger partial charge in [-0.2, -0.15) is 5.26 Å². The Morgan fingerprint density at radius 2 is 2.27 bits per heavy atom. The topological polar surface area (TPSA) is 51.6 Å². The highest BCUT2D eigenvalue weighted by molar-refractivity contribution is 5.89. The van der Waals surface area contributed by atoms with Gasteiger partial charge in [0.05, 0.1) is 5.56 Å². The third-order valence-electron chi connectivity index (χ3n) is 3.87. The maximum atomic E-state index is 9.37. The molecule has 1 atom stereocenters. The molecule has 112 valence electrons. The molecule has 0 saturated heterocycles. The van der Waals surface area contributed by atoms with Gasteiger partial charge in [-0.1, -0.05) is 43.5 Å². The predicted molar refractivity (Wildman–Crippen MR) is 92.8 cm³/mol. The molecule has 1 heterocycles. The normalized spacial score (nSPS) is 12.8. The molecule has 0 saturated carbocycles. The Balaban J connectivity index is 2.63. The minimum atomic E-state index is 0.176. The van der Waals surface area contributed by atoms with Gasteiger partial charge >= 0.3 is 0 Å². The lowest BCUT2D eigenvalue weighted by Crippen LogP contribution is -2.13. The van der Waals surface area contributed by atoms with Crippen molar-refractivity contribution in [2.24, 2.45) is 0 Å². The molecule has 22 heavy (non-hydrogen) atoms. The van der Waals surface area contributed by atoms with Gasteiger partial charge in [-0.3, -0.25) is 0 Å². The Bertz CT molecular complexity index is 744. The molecule has 1 aromatic heterocycles. The van der Waals surface area contributed by atoms with Crippen LogP contribution in [0.1, 0.15) is 23.5 Å². The highest BCUT2D eigenvalue weighted by Crippen LogP contribution is 2.35. The standard InChI is InChI=1S/C19H21N3/c1-4-7-14(5-2)16(10-11-21-3)17-8-6-9-18-19(17)15(12-20)13-22-18/h4-9,13,16,21-22H,1-2,10-11H2,3H3/b14-7+. The van der Waals surface area contributed by atoms with Crippen LogP contribution in [0.5, 0.6) is 0 Å². The van der Waals surface area contributed by atoms with Crippen molar-refractivity contribution in [1.82, 2.24) is 10.3 Å². The Morgan fingerprint density at radius 3 is 2.91 bits per heavy atom. The summed E-state index contributed by atoms with van der Waals surface area (Å²) in [6.07, 6.45) is 8.35. The summed E-state index contributed by atoms with van der Waals surface area (Å²) in [6, 6.07) is 8.40. The lowest BCUT2D eigenvalue weighted by Gasteiger charge is -2.20. The number of hydrogen-bond donors (Lipinski definition) is 2. The second-order valence-electron chi connectivity index (χ2n) is 5.14. The Kier molecular flexibility index (Phi) is 5.35. The molecule has 0 fully saturated rings. The number of aromatic nitrogens is 1. The quantitative estimate of drug-likeness (QED) is 0.757. The van der Waals surface area contributed by atoms with E-state index in [1.165, 1.54) is 0 Å². The van der Waals surface area contributed by atoms with Crippen LogP contribution in [0, 0.1) is 11.3 Å². The first-order valence-corrected chi connectivity index (χ1v) is 7.36. The maximum absolute atomic E-state index is 9.37. The molecule has 0 amide bonds. The molecule has 2 aromatic rings. The van der Waals surface area contributed by atoms with E-state index in [2.05, 4.69) is 35.6 Å². The summed E-state index contributed by atoms with van der Waals surface area (Å²) in [5.74, 6) is 0.176. The van der Waals surface area contributed by atoms with Gasteiger partial charge in [-0.15, -0.1) is 0 Å². The van der Waals surface area contributed by atoms with E-state index in [1.54, 1.807) is 12.3 Å². The number of H-pyrrole nitrogens is 1. The predicted octanol–water partition coefficient (Wildman–Crippen LogP) is 4.03. The molecule has 0 radical (unpaired) electrons. The number of rotatable bonds is 7. The molecule has 2 rings (SSSR count). The molecule has 3 nitrogen and oxygen atoms in total. The monoisotopic (exact) mass is 291 g/mol. The molecule has 0 aliphatic carbocycles. The molecule has 0 bridgehead atoms. The smallest absolute Gasteiger partial charge is 0.101 e. The maximum Gasteiger partial charge on any atom is 0.101 e. The van der Waals surface area contributed by atoms with Crippen LogP contribution in [0.25, 0.3) is 10.9 Å². The first-order chi connectivity index (χ1) is 10.8. The van der Waals surface area contributed by atoms with Gasteiger partial charge in [0.2, 0.25) is 0 Å². The van der Waals surface area contributed by atoms with Crippen molar-refractivity contribution >= 4 is 10.9 Å². The van der Waals surface area contributed by atoms with Crippen LogP contribution < -0.4 is 5.32 Å². The number of aromatic amines is 1. The average Bonchev–Trinajstić information content (AvgIpc) is 2.97. The number of nitrogens with zero attached hydrogens (tertiary/aromatic N) is 1. The summed E-state index contributed by atoms with van der Waals surface area (Å²) in [5, 5.41) is 13.6. The van der Waals surface area contributed by atoms with Gasteiger partial charge in [-0.05, 0) is 37.2 Å². The first kappa shape index (κ1) is 15.8. The molecule has 3 heteroatoms. The molecule has 0 aliphatic rings. The second kappa shape index (κ2) is 7.44. The largest absolute Gasteiger partial charge is 0.360 e. The molecule has 1 aromatic carbocycles. The average molecular weight is 291 g/mol. The van der Waals surface area contributed by atoms with Gasteiger partial charge in [-0.25, -0.2) is 0 Å². The van der Waals surface area contributed by atoms with Crippen LogP contribution in [0.15, 0.2) is 61.4 Å². The number of fused-ring (bicyclic) bond motifs is 1. The van der Waals surface area contributed by atoms with Crippen LogP contribution in [0.2, 0.25) is 0 Å². The number of benzene rings is 1. The summed E-state index contributed by atoms with van der Waals surface area (Å²) in [4.78, 5) is 3.18. The van der Waals surface area contributed by atoms with Crippen molar-refractivity contribution in [3.63, 3.8) is 0 Å². The lowest BCUT2D eigenvalue weighted by molar-refractivity contribution is 0.664. The fourth-order valence-corrected chi connectivity index (χ4v) is 2.84. The van der Waals surface area contributed by atoms with E-state index in [1.807, 2.05) is 31.3 Å². The van der Waals surface area contributed by atoms with Crippen molar-refractivity contribution in [2.75, 3.05) is 13.6 Å². The highest BCUT2D eigenvalue weighted by Gasteiger charge is 2.19. The van der Waals surface area contributed by atoms with Crippen LogP contribution in [-0.2, 0) is 0 Å². The van der Waals surface area contributed by atoms with E-state index in [9.17, 15) is 5.26 Å². The molecular weight excluding hydrogens is 270 g/mol. The van der Waals surface area contributed by atoms with Crippen LogP contribution in [0.3, 0.4) is 0 Å². The summed E-state index contributed by atoms with van der Waals surface area (Å²) in [6.45, 7) is 8.61. The summed E-state index contributed by atoms with van der Waals surface area (Å²) in [5.41, 5.74) is 3.94. The summed E-state index contributed by atoms with van der Waals surface area (Å²) < 4.78 is 0. The fraction of sp³-hybridized carbons (Fsp3) is 0.211. The third kappa shape index (κ3) is 3.03. The SMILES string of the molecule is C=C/C=C(\C=C)C(CCNC)c1cccc2[nH]cc(C#N)c12. The third-order valence-corrected chi connectivity index (χ3v) is 3.87. The summed E-state index contributed by atoms with van der Waals surface area (Å²) >= 11 is 0. The Hall–Kier alpha value is -2.57. The van der Waals surface area contributed by atoms with E-state index < -0.39 is 0 Å². The molecule has 0 spiro atoms. The van der Waals surface area contributed by atoms with Crippen LogP contribution >= 0.6 is 0 Å². The minimum absolute atomic E-state index is 0.176. The van der Waals surface area contributed by atoms with Gasteiger partial charge in [0.25, 0.3) is 0 Å². The minimum Gasteiger partial charge on any atom is -0.360 e. The number of nitrogens with one attached hydrogen (secondary N) is 2. The molecule has 2 N–H and O–H groups in total. The molecular formula is C19H21N3. The van der Waals surface area contributed by atoms with Crippen molar-refractivity contribution < 1.29 is 0 Å². The van der Waals surface area contributed by atoms with Crippen LogP contribution in [-0.4, -0.2) is 18.6 Å². The molecule has 1 unspecified atom stereocenters. The zero-order chi connectivity index (χ0) is 15.9. The van der Waals surface area contributed by atoms with Crippen molar-refractivity contribution in [2.45, 2.75) is 12.3 Å². The van der Waals surface area contributed by atoms with Crippen molar-refractivity contribution in [1.29, 1.82) is 5.26 Å². The number of nitriles is 1. The van der Waals surface area contributed by atoms with E-state index >= 15 is 0 Å². The zero-order valence-corrected chi connectivity index (χ0v) is 12.9. The molecule has 0 aliphatic heterocycles. The fourth-order valence-electron chi connectivity index (χ4n) is 2.84. The van der Waals surface area contributed by atoms with Crippen LogP contribution in [0.4, 0.5) is 0 Å². The van der Waals surface area contributed by atoms with E-state index in [0.717, 1.165) is 35.0 Å². The van der Waals surface area contributed by atoms with E-state index in [0.29, 0.717) is 5.56 Å². The van der Waals surface area contributed by atoms with Gasteiger partial charge in [0.15, 0.2) is 0 Å². The van der Waals surface area contributed by atoms with Gasteiger partial charge in [0, 0.05) is 23.0 Å². The number of hydrogen-bond acceptors (Lipinski definition) is 2. The lowest BCUT2D eigenvalue weighted by atomic mass is 9.85. The Labute approximate surface area is 131 Å². The second-order valence-corrected chi connectivity index (χ2v) is 5.14. The Morgan fingerprint density at radius 1 is 1.45 bits per heavy atom. The highest BCUT2D eigenvalue weighted by atomic mass is 14.8. The van der Waals surface area contributed by atoms with E-state index in [-0.39, 0.29) is 5.92 Å². The summed E-state index contributed by atoms with van der Waals surface area (Å²) in [7, 11) is 1.94. The van der Waals surface area contributed by atoms with Gasteiger partial charge in [0.1, 0.15) is 6.07 Å². The zero-order valence-electron chi connectivity index (χ0n) is 12.9. The number of allylic oxidation sites excluding steroid dienone is 4.